The van der Waals surface area contributed by atoms with Gasteiger partial charge in [0.15, 0.2) is 5.82 Å². The van der Waals surface area contributed by atoms with Crippen molar-refractivity contribution in [2.75, 3.05) is 0 Å². The van der Waals surface area contributed by atoms with Crippen LogP contribution < -0.4 is 5.73 Å². The topological polar surface area (TPSA) is 59.6 Å². The summed E-state index contributed by atoms with van der Waals surface area (Å²) in [5.74, 6) is 0.867. The fraction of sp³-hybridized carbons (Fsp3) is 0.214. The van der Waals surface area contributed by atoms with Crippen molar-refractivity contribution < 1.29 is 0 Å². The molecule has 0 fully saturated rings. The first-order valence-corrected chi connectivity index (χ1v) is 5.99. The van der Waals surface area contributed by atoms with E-state index in [9.17, 15) is 0 Å². The van der Waals surface area contributed by atoms with Gasteiger partial charge >= 0.3 is 0 Å². The lowest BCUT2D eigenvalue weighted by atomic mass is 10.2. The minimum absolute atomic E-state index is 0.482. The molecule has 3 N–H and O–H groups in total. The van der Waals surface area contributed by atoms with E-state index in [4.69, 9.17) is 5.73 Å². The van der Waals surface area contributed by atoms with Crippen molar-refractivity contribution in [3.05, 3.63) is 41.7 Å². The van der Waals surface area contributed by atoms with Gasteiger partial charge in [-0.15, -0.1) is 0 Å². The van der Waals surface area contributed by atoms with Gasteiger partial charge in [0, 0.05) is 36.4 Å². The van der Waals surface area contributed by atoms with Crippen LogP contribution >= 0.6 is 0 Å². The highest BCUT2D eigenvalue weighted by atomic mass is 15.0. The van der Waals surface area contributed by atoms with E-state index in [-0.39, 0.29) is 0 Å². The van der Waals surface area contributed by atoms with Gasteiger partial charge in [-0.05, 0) is 24.6 Å². The molecule has 0 spiro atoms. The summed E-state index contributed by atoms with van der Waals surface area (Å²) in [5, 5.41) is 1.23. The lowest BCUT2D eigenvalue weighted by molar-refractivity contribution is 0.957. The molecule has 0 radical (unpaired) electrons. The maximum atomic E-state index is 5.60. The van der Waals surface area contributed by atoms with Crippen LogP contribution in [-0.2, 0) is 13.6 Å². The summed E-state index contributed by atoms with van der Waals surface area (Å²) in [6.07, 6.45) is 1.79. The Labute approximate surface area is 105 Å². The van der Waals surface area contributed by atoms with E-state index in [1.54, 1.807) is 6.20 Å². The first kappa shape index (κ1) is 11.0. The van der Waals surface area contributed by atoms with Gasteiger partial charge in [-0.25, -0.2) is 4.98 Å². The number of hydrogen-bond donors (Lipinski definition) is 2. The van der Waals surface area contributed by atoms with Crippen LogP contribution in [-0.4, -0.2) is 14.5 Å². The number of hydrogen-bond acceptors (Lipinski definition) is 2. The molecule has 92 valence electrons. The maximum absolute atomic E-state index is 5.60. The van der Waals surface area contributed by atoms with Gasteiger partial charge < -0.3 is 15.3 Å². The lowest BCUT2D eigenvalue weighted by Crippen LogP contribution is -1.96. The second kappa shape index (κ2) is 3.99. The number of H-pyrrole nitrogens is 1. The van der Waals surface area contributed by atoms with Crippen molar-refractivity contribution in [2.45, 2.75) is 13.5 Å². The highest BCUT2D eigenvalue weighted by Gasteiger charge is 2.10. The molecule has 0 bridgehead atoms. The number of fused-ring (bicyclic) bond motifs is 1. The fourth-order valence-electron chi connectivity index (χ4n) is 2.26. The first-order valence-electron chi connectivity index (χ1n) is 5.99. The number of aromatic amines is 1. The Morgan fingerprint density at radius 1 is 1.33 bits per heavy atom. The average Bonchev–Trinajstić information content (AvgIpc) is 2.95. The van der Waals surface area contributed by atoms with Gasteiger partial charge in [0.1, 0.15) is 0 Å². The van der Waals surface area contributed by atoms with E-state index < -0.39 is 0 Å². The largest absolute Gasteiger partial charge is 0.341 e. The number of nitrogens with two attached hydrogens (primary N) is 1. The Bertz CT molecular complexity index is 706. The zero-order valence-corrected chi connectivity index (χ0v) is 10.6. The van der Waals surface area contributed by atoms with Crippen molar-refractivity contribution in [3.63, 3.8) is 0 Å². The number of rotatable bonds is 2. The Morgan fingerprint density at radius 2 is 2.17 bits per heavy atom. The number of aromatic nitrogens is 3. The summed E-state index contributed by atoms with van der Waals surface area (Å²) in [5.41, 5.74) is 10.1. The standard InChI is InChI=1S/C14H16N4/c1-9-3-4-10-6-13(18(2)12(10)5-9)14-16-8-11(7-15)17-14/h3-6,8H,7,15H2,1-2H3,(H,16,17). The number of nitrogens with one attached hydrogen (secondary N) is 1. The van der Waals surface area contributed by atoms with Crippen LogP contribution in [0, 0.1) is 6.92 Å². The lowest BCUT2D eigenvalue weighted by Gasteiger charge is -2.01. The van der Waals surface area contributed by atoms with E-state index >= 15 is 0 Å². The third-order valence-corrected chi connectivity index (χ3v) is 3.29. The second-order valence-electron chi connectivity index (χ2n) is 4.61. The predicted octanol–water partition coefficient (Wildman–Crippen LogP) is 2.34. The first-order chi connectivity index (χ1) is 8.69. The molecule has 0 saturated heterocycles. The zero-order valence-electron chi connectivity index (χ0n) is 10.6. The monoisotopic (exact) mass is 240 g/mol. The quantitative estimate of drug-likeness (QED) is 0.722. The van der Waals surface area contributed by atoms with E-state index in [2.05, 4.69) is 52.8 Å². The molecule has 0 aliphatic rings. The van der Waals surface area contributed by atoms with Crippen LogP contribution in [0.5, 0.6) is 0 Å². The fourth-order valence-corrected chi connectivity index (χ4v) is 2.26. The summed E-state index contributed by atoms with van der Waals surface area (Å²) < 4.78 is 2.15. The van der Waals surface area contributed by atoms with Gasteiger partial charge in [0.25, 0.3) is 0 Å². The van der Waals surface area contributed by atoms with E-state index in [1.807, 2.05) is 0 Å². The van der Waals surface area contributed by atoms with Gasteiger partial charge in [-0.3, -0.25) is 0 Å². The predicted molar refractivity (Wildman–Crippen MR) is 73.1 cm³/mol. The van der Waals surface area contributed by atoms with E-state index in [1.165, 1.54) is 16.5 Å². The molecule has 0 aliphatic heterocycles. The summed E-state index contributed by atoms with van der Waals surface area (Å²) in [6.45, 7) is 2.58. The molecule has 4 nitrogen and oxygen atoms in total. The van der Waals surface area contributed by atoms with Gasteiger partial charge in [-0.1, -0.05) is 12.1 Å². The average molecular weight is 240 g/mol. The molecular formula is C14H16N4. The van der Waals surface area contributed by atoms with Gasteiger partial charge in [0.2, 0.25) is 0 Å². The molecule has 2 heterocycles. The smallest absolute Gasteiger partial charge is 0.154 e. The Morgan fingerprint density at radius 3 is 2.89 bits per heavy atom. The molecule has 0 saturated carbocycles. The zero-order chi connectivity index (χ0) is 12.7. The molecule has 0 unspecified atom stereocenters. The van der Waals surface area contributed by atoms with Gasteiger partial charge in [-0.2, -0.15) is 0 Å². The molecule has 2 aromatic heterocycles. The summed E-state index contributed by atoms with van der Waals surface area (Å²) in [7, 11) is 2.06. The molecule has 1 aromatic carbocycles. The van der Waals surface area contributed by atoms with Crippen LogP contribution in [0.2, 0.25) is 0 Å². The number of imidazole rings is 1. The Balaban J connectivity index is 2.20. The van der Waals surface area contributed by atoms with Crippen LogP contribution in [0.15, 0.2) is 30.5 Å². The highest BCUT2D eigenvalue weighted by molar-refractivity contribution is 5.86. The van der Waals surface area contributed by atoms with Gasteiger partial charge in [0.05, 0.1) is 5.69 Å². The van der Waals surface area contributed by atoms with Crippen LogP contribution in [0.3, 0.4) is 0 Å². The van der Waals surface area contributed by atoms with Crippen molar-refractivity contribution in [2.24, 2.45) is 12.8 Å². The Kier molecular flexibility index (Phi) is 2.45. The normalized spacial score (nSPS) is 11.3. The minimum Gasteiger partial charge on any atom is -0.341 e. The van der Waals surface area contributed by atoms with Crippen LogP contribution in [0.1, 0.15) is 11.3 Å². The molecule has 0 aliphatic carbocycles. The van der Waals surface area contributed by atoms with Crippen molar-refractivity contribution in [1.29, 1.82) is 0 Å². The Hall–Kier alpha value is -2.07. The van der Waals surface area contributed by atoms with E-state index in [0.717, 1.165) is 17.2 Å². The van der Waals surface area contributed by atoms with Crippen molar-refractivity contribution >= 4 is 10.9 Å². The summed E-state index contributed by atoms with van der Waals surface area (Å²) in [6, 6.07) is 8.60. The molecular weight excluding hydrogens is 224 g/mol. The number of nitrogens with zero attached hydrogens (tertiary/aromatic N) is 2. The number of aryl methyl sites for hydroxylation is 2. The summed E-state index contributed by atoms with van der Waals surface area (Å²) >= 11 is 0. The summed E-state index contributed by atoms with van der Waals surface area (Å²) in [4.78, 5) is 7.62. The minimum atomic E-state index is 0.482. The SMILES string of the molecule is Cc1ccc2cc(-c3ncc(CN)[nH]3)n(C)c2c1. The molecule has 0 atom stereocenters. The van der Waals surface area contributed by atoms with Crippen LogP contribution in [0.25, 0.3) is 22.4 Å². The molecule has 18 heavy (non-hydrogen) atoms. The molecule has 3 rings (SSSR count). The van der Waals surface area contributed by atoms with Crippen molar-refractivity contribution in [1.82, 2.24) is 14.5 Å². The second-order valence-corrected chi connectivity index (χ2v) is 4.61. The molecule has 4 heteroatoms. The molecule has 3 aromatic rings. The third-order valence-electron chi connectivity index (χ3n) is 3.29. The maximum Gasteiger partial charge on any atom is 0.154 e. The van der Waals surface area contributed by atoms with Crippen molar-refractivity contribution in [3.8, 4) is 11.5 Å². The van der Waals surface area contributed by atoms with Crippen LogP contribution in [0.4, 0.5) is 0 Å². The van der Waals surface area contributed by atoms with E-state index in [0.29, 0.717) is 6.54 Å². The molecule has 0 amide bonds. The number of benzene rings is 1. The highest BCUT2D eigenvalue weighted by Crippen LogP contribution is 2.25. The third kappa shape index (κ3) is 1.62.